The fourth-order valence-electron chi connectivity index (χ4n) is 1.92. The van der Waals surface area contributed by atoms with E-state index in [1.54, 1.807) is 4.68 Å². The van der Waals surface area contributed by atoms with Crippen molar-refractivity contribution in [3.63, 3.8) is 0 Å². The summed E-state index contributed by atoms with van der Waals surface area (Å²) in [7, 11) is 3.12. The Bertz CT molecular complexity index is 637. The Kier molecular flexibility index (Phi) is 4.02. The summed E-state index contributed by atoms with van der Waals surface area (Å²) in [6.45, 7) is 2.32. The van der Waals surface area contributed by atoms with Gasteiger partial charge in [0.2, 0.25) is 0 Å². The van der Waals surface area contributed by atoms with Crippen LogP contribution in [0.3, 0.4) is 0 Å². The van der Waals surface area contributed by atoms with E-state index in [-0.39, 0.29) is 5.69 Å². The Morgan fingerprint density at radius 1 is 1.50 bits per heavy atom. The average Bonchev–Trinajstić information content (AvgIpc) is 2.75. The molecule has 0 aliphatic heterocycles. The summed E-state index contributed by atoms with van der Waals surface area (Å²) < 4.78 is 20.0. The Morgan fingerprint density at radius 3 is 2.85 bits per heavy atom. The lowest BCUT2D eigenvalue weighted by atomic mass is 10.2. The maximum absolute atomic E-state index is 13.7. The van der Waals surface area contributed by atoms with Crippen LogP contribution in [0.5, 0.6) is 0 Å². The molecule has 6 heteroatoms. The first-order valence-corrected chi connectivity index (χ1v) is 6.12. The molecule has 2 rings (SSSR count). The topological polar surface area (TPSA) is 56.1 Å². The number of carbonyl (C=O) groups is 1. The lowest BCUT2D eigenvalue weighted by Gasteiger charge is -2.08. The van der Waals surface area contributed by atoms with Crippen molar-refractivity contribution in [3.05, 3.63) is 47.0 Å². The second kappa shape index (κ2) is 5.73. The fraction of sp³-hybridized carbons (Fsp3) is 0.286. The zero-order chi connectivity index (χ0) is 14.7. The highest BCUT2D eigenvalue weighted by molar-refractivity contribution is 5.90. The number of ether oxygens (including phenoxy) is 1. The number of nitrogens with zero attached hydrogens (tertiary/aromatic N) is 2. The average molecular weight is 277 g/mol. The van der Waals surface area contributed by atoms with Crippen molar-refractivity contribution in [2.24, 2.45) is 7.05 Å². The van der Waals surface area contributed by atoms with Crippen LogP contribution in [0.2, 0.25) is 0 Å². The lowest BCUT2D eigenvalue weighted by molar-refractivity contribution is 0.0600. The van der Waals surface area contributed by atoms with Crippen molar-refractivity contribution in [1.29, 1.82) is 0 Å². The van der Waals surface area contributed by atoms with Gasteiger partial charge in [0.05, 0.1) is 24.1 Å². The molecule has 0 bridgehead atoms. The highest BCUT2D eigenvalue weighted by atomic mass is 19.1. The second-order valence-corrected chi connectivity index (χ2v) is 4.45. The van der Waals surface area contributed by atoms with Gasteiger partial charge in [-0.1, -0.05) is 0 Å². The summed E-state index contributed by atoms with van der Waals surface area (Å²) in [5, 5.41) is 7.18. The highest BCUT2D eigenvalue weighted by Gasteiger charge is 2.10. The number of aryl methyl sites for hydroxylation is 2. The minimum Gasteiger partial charge on any atom is -0.465 e. The van der Waals surface area contributed by atoms with E-state index < -0.39 is 11.8 Å². The van der Waals surface area contributed by atoms with E-state index in [1.165, 1.54) is 25.3 Å². The molecule has 106 valence electrons. The molecule has 0 radical (unpaired) electrons. The van der Waals surface area contributed by atoms with Gasteiger partial charge in [0.15, 0.2) is 0 Å². The van der Waals surface area contributed by atoms with Crippen LogP contribution >= 0.6 is 0 Å². The van der Waals surface area contributed by atoms with Gasteiger partial charge in [-0.15, -0.1) is 0 Å². The molecule has 1 N–H and O–H groups in total. The predicted molar refractivity (Wildman–Crippen MR) is 73.0 cm³/mol. The number of carbonyl (C=O) groups excluding carboxylic acids is 1. The number of esters is 1. The van der Waals surface area contributed by atoms with Gasteiger partial charge in [-0.25, -0.2) is 9.18 Å². The third-order valence-electron chi connectivity index (χ3n) is 2.97. The van der Waals surface area contributed by atoms with Crippen LogP contribution in [0, 0.1) is 12.7 Å². The predicted octanol–water partition coefficient (Wildman–Crippen LogP) is 2.27. The summed E-state index contributed by atoms with van der Waals surface area (Å²) in [5.74, 6) is -0.912. The number of methoxy groups -OCH3 is 1. The van der Waals surface area contributed by atoms with E-state index in [9.17, 15) is 9.18 Å². The number of nitrogens with one attached hydrogen (secondary N) is 1. The first kappa shape index (κ1) is 14.0. The quantitative estimate of drug-likeness (QED) is 0.871. The van der Waals surface area contributed by atoms with Crippen molar-refractivity contribution in [3.8, 4) is 0 Å². The van der Waals surface area contributed by atoms with Crippen LogP contribution in [-0.4, -0.2) is 22.9 Å². The van der Waals surface area contributed by atoms with Gasteiger partial charge in [-0.3, -0.25) is 4.68 Å². The van der Waals surface area contributed by atoms with Crippen LogP contribution in [0.4, 0.5) is 10.1 Å². The largest absolute Gasteiger partial charge is 0.465 e. The molecule has 0 saturated carbocycles. The fourth-order valence-corrected chi connectivity index (χ4v) is 1.92. The third kappa shape index (κ3) is 2.96. The number of hydrogen-bond donors (Lipinski definition) is 1. The Hall–Kier alpha value is -2.37. The molecule has 2 aromatic rings. The zero-order valence-electron chi connectivity index (χ0n) is 11.6. The van der Waals surface area contributed by atoms with Crippen LogP contribution in [-0.2, 0) is 18.3 Å². The Morgan fingerprint density at radius 2 is 2.25 bits per heavy atom. The molecular weight excluding hydrogens is 261 g/mol. The van der Waals surface area contributed by atoms with Crippen LogP contribution in [0.15, 0.2) is 24.4 Å². The maximum Gasteiger partial charge on any atom is 0.337 e. The molecule has 0 aliphatic rings. The van der Waals surface area contributed by atoms with Gasteiger partial charge in [0, 0.05) is 25.4 Å². The van der Waals surface area contributed by atoms with Gasteiger partial charge < -0.3 is 10.1 Å². The van der Waals surface area contributed by atoms with E-state index in [2.05, 4.69) is 15.2 Å². The van der Waals surface area contributed by atoms with Gasteiger partial charge in [-0.05, 0) is 25.1 Å². The Labute approximate surface area is 116 Å². The van der Waals surface area contributed by atoms with E-state index in [4.69, 9.17) is 0 Å². The molecule has 0 atom stereocenters. The minimum absolute atomic E-state index is 0.260. The van der Waals surface area contributed by atoms with Crippen LogP contribution in [0.1, 0.15) is 21.6 Å². The van der Waals surface area contributed by atoms with Crippen LogP contribution in [0.25, 0.3) is 0 Å². The number of anilines is 1. The van der Waals surface area contributed by atoms with Crippen LogP contribution < -0.4 is 5.32 Å². The number of hydrogen-bond acceptors (Lipinski definition) is 4. The second-order valence-electron chi connectivity index (χ2n) is 4.45. The molecule has 0 spiro atoms. The summed E-state index contributed by atoms with van der Waals surface area (Å²) in [6, 6.07) is 4.07. The molecule has 0 saturated heterocycles. The number of rotatable bonds is 4. The van der Waals surface area contributed by atoms with Gasteiger partial charge in [0.1, 0.15) is 5.82 Å². The molecule has 20 heavy (non-hydrogen) atoms. The summed E-state index contributed by atoms with van der Waals surface area (Å²) in [5.41, 5.74) is 2.41. The van der Waals surface area contributed by atoms with Crippen molar-refractivity contribution >= 4 is 11.7 Å². The zero-order valence-corrected chi connectivity index (χ0v) is 11.6. The number of aromatic nitrogens is 2. The molecule has 1 aromatic heterocycles. The molecule has 1 aromatic carbocycles. The summed E-state index contributed by atoms with van der Waals surface area (Å²) in [4.78, 5) is 11.4. The van der Waals surface area contributed by atoms with E-state index in [0.717, 1.165) is 11.3 Å². The molecule has 0 unspecified atom stereocenters. The molecule has 0 aliphatic carbocycles. The SMILES string of the molecule is COC(=O)c1ccc(F)c(NCc2cn(C)nc2C)c1. The van der Waals surface area contributed by atoms with E-state index >= 15 is 0 Å². The van der Waals surface area contributed by atoms with Gasteiger partial charge >= 0.3 is 5.97 Å². The normalized spacial score (nSPS) is 10.4. The van der Waals surface area contributed by atoms with Crippen molar-refractivity contribution in [2.45, 2.75) is 13.5 Å². The van der Waals surface area contributed by atoms with Crippen molar-refractivity contribution in [2.75, 3.05) is 12.4 Å². The standard InChI is InChI=1S/C14H16FN3O2/c1-9-11(8-18(2)17-9)7-16-13-6-10(14(19)20-3)4-5-12(13)15/h4-6,8,16H,7H2,1-3H3. The third-order valence-corrected chi connectivity index (χ3v) is 2.97. The first-order valence-electron chi connectivity index (χ1n) is 6.12. The van der Waals surface area contributed by atoms with Gasteiger partial charge in [0.25, 0.3) is 0 Å². The summed E-state index contributed by atoms with van der Waals surface area (Å²) in [6.07, 6.45) is 1.87. The smallest absolute Gasteiger partial charge is 0.337 e. The minimum atomic E-state index is -0.495. The summed E-state index contributed by atoms with van der Waals surface area (Å²) >= 11 is 0. The monoisotopic (exact) mass is 277 g/mol. The molecule has 5 nitrogen and oxygen atoms in total. The van der Waals surface area contributed by atoms with Crippen molar-refractivity contribution < 1.29 is 13.9 Å². The van der Waals surface area contributed by atoms with Crippen molar-refractivity contribution in [1.82, 2.24) is 9.78 Å². The molecule has 0 fully saturated rings. The van der Waals surface area contributed by atoms with E-state index in [0.29, 0.717) is 12.1 Å². The molecular formula is C14H16FN3O2. The maximum atomic E-state index is 13.7. The van der Waals surface area contributed by atoms with Gasteiger partial charge in [-0.2, -0.15) is 5.10 Å². The molecule has 1 heterocycles. The highest BCUT2D eigenvalue weighted by Crippen LogP contribution is 2.18. The lowest BCUT2D eigenvalue weighted by Crippen LogP contribution is -2.06. The number of halogens is 1. The number of benzene rings is 1. The Balaban J connectivity index is 2.16. The molecule has 0 amide bonds. The first-order chi connectivity index (χ1) is 9.51. The van der Waals surface area contributed by atoms with E-state index in [1.807, 2.05) is 20.2 Å².